The van der Waals surface area contributed by atoms with Crippen molar-refractivity contribution >= 4 is 33.2 Å². The van der Waals surface area contributed by atoms with E-state index >= 15 is 0 Å². The van der Waals surface area contributed by atoms with Crippen LogP contribution in [0.15, 0.2) is 22.7 Å². The first-order valence-corrected chi connectivity index (χ1v) is 7.76. The zero-order valence-corrected chi connectivity index (χ0v) is 13.6. The van der Waals surface area contributed by atoms with Crippen LogP contribution in [-0.4, -0.2) is 5.54 Å². The van der Waals surface area contributed by atoms with E-state index in [1.807, 2.05) is 18.2 Å². The molecule has 1 saturated carbocycles. The summed E-state index contributed by atoms with van der Waals surface area (Å²) in [6.07, 6.45) is 3.00. The summed E-state index contributed by atoms with van der Waals surface area (Å²) in [5.74, 6) is 1.15. The fourth-order valence-corrected chi connectivity index (χ4v) is 3.69. The van der Waals surface area contributed by atoms with Gasteiger partial charge in [0.15, 0.2) is 0 Å². The predicted octanol–water partition coefficient (Wildman–Crippen LogP) is 5.23. The van der Waals surface area contributed by atoms with Gasteiger partial charge in [0.05, 0.1) is 11.1 Å². The summed E-state index contributed by atoms with van der Waals surface area (Å²) in [5.41, 5.74) is 0.490. The Morgan fingerprint density at radius 3 is 2.53 bits per heavy atom. The highest BCUT2D eigenvalue weighted by Gasteiger charge is 2.38. The van der Waals surface area contributed by atoms with Crippen molar-refractivity contribution in [1.82, 2.24) is 0 Å². The van der Waals surface area contributed by atoms with E-state index in [2.05, 4.69) is 41.2 Å². The lowest BCUT2D eigenvalue weighted by Gasteiger charge is -2.39. The minimum absolute atomic E-state index is 0.454. The minimum atomic E-state index is -0.454. The van der Waals surface area contributed by atoms with Gasteiger partial charge in [-0.25, -0.2) is 0 Å². The van der Waals surface area contributed by atoms with Crippen molar-refractivity contribution in [2.24, 2.45) is 11.8 Å². The molecule has 1 aliphatic rings. The van der Waals surface area contributed by atoms with E-state index in [-0.39, 0.29) is 0 Å². The Hall–Kier alpha value is -0.720. The van der Waals surface area contributed by atoms with E-state index in [1.54, 1.807) is 0 Å². The first kappa shape index (κ1) is 14.7. The Bertz CT molecular complexity index is 499. The summed E-state index contributed by atoms with van der Waals surface area (Å²) < 4.78 is 0.851. The molecule has 0 bridgehead atoms. The van der Waals surface area contributed by atoms with Gasteiger partial charge in [0.1, 0.15) is 5.54 Å². The normalized spacial score (nSPS) is 30.7. The maximum absolute atomic E-state index is 9.61. The monoisotopic (exact) mass is 340 g/mol. The molecule has 0 aromatic heterocycles. The largest absolute Gasteiger partial charge is 0.367 e. The van der Waals surface area contributed by atoms with Gasteiger partial charge in [-0.1, -0.05) is 25.4 Å². The fourth-order valence-electron chi connectivity index (χ4n) is 3.20. The van der Waals surface area contributed by atoms with Crippen molar-refractivity contribution in [3.8, 4) is 6.07 Å². The Balaban J connectivity index is 2.23. The van der Waals surface area contributed by atoms with Gasteiger partial charge in [0.25, 0.3) is 0 Å². The Morgan fingerprint density at radius 1 is 1.37 bits per heavy atom. The van der Waals surface area contributed by atoms with Crippen LogP contribution in [0.3, 0.4) is 0 Å². The number of nitriles is 1. The maximum atomic E-state index is 9.61. The number of benzene rings is 1. The molecular formula is C15H18BrClN2. The molecule has 19 heavy (non-hydrogen) atoms. The minimum Gasteiger partial charge on any atom is -0.367 e. The zero-order chi connectivity index (χ0) is 14.0. The topological polar surface area (TPSA) is 35.8 Å². The average molecular weight is 342 g/mol. The van der Waals surface area contributed by atoms with Gasteiger partial charge in [-0.2, -0.15) is 5.26 Å². The first-order chi connectivity index (χ1) is 8.94. The second-order valence-electron chi connectivity index (χ2n) is 5.80. The molecule has 0 heterocycles. The van der Waals surface area contributed by atoms with Crippen molar-refractivity contribution in [3.63, 3.8) is 0 Å². The quantitative estimate of drug-likeness (QED) is 0.799. The molecule has 0 radical (unpaired) electrons. The van der Waals surface area contributed by atoms with Gasteiger partial charge < -0.3 is 5.32 Å². The van der Waals surface area contributed by atoms with Crippen LogP contribution in [0.4, 0.5) is 5.69 Å². The van der Waals surface area contributed by atoms with Crippen LogP contribution in [0.1, 0.15) is 33.1 Å². The first-order valence-electron chi connectivity index (χ1n) is 6.58. The fraction of sp³-hybridized carbons (Fsp3) is 0.533. The number of hydrogen-bond acceptors (Lipinski definition) is 2. The molecule has 2 nitrogen and oxygen atoms in total. The van der Waals surface area contributed by atoms with Crippen LogP contribution in [0.25, 0.3) is 0 Å². The van der Waals surface area contributed by atoms with Crippen LogP contribution in [0.5, 0.6) is 0 Å². The summed E-state index contributed by atoms with van der Waals surface area (Å²) in [4.78, 5) is 0. The molecule has 0 aliphatic heterocycles. The van der Waals surface area contributed by atoms with E-state index in [4.69, 9.17) is 11.6 Å². The van der Waals surface area contributed by atoms with Crippen LogP contribution in [0, 0.1) is 23.2 Å². The molecule has 0 saturated heterocycles. The summed E-state index contributed by atoms with van der Waals surface area (Å²) in [7, 11) is 0. The van der Waals surface area contributed by atoms with E-state index in [0.29, 0.717) is 16.9 Å². The second-order valence-corrected chi connectivity index (χ2v) is 7.06. The molecule has 1 aliphatic carbocycles. The SMILES string of the molecule is CC1CC(C)CC(C#N)(Nc2ccc(Cl)c(Br)c2)C1. The highest BCUT2D eigenvalue weighted by atomic mass is 79.9. The Labute approximate surface area is 128 Å². The molecule has 2 unspecified atom stereocenters. The molecule has 0 spiro atoms. The van der Waals surface area contributed by atoms with Crippen LogP contribution in [0.2, 0.25) is 5.02 Å². The number of anilines is 1. The summed E-state index contributed by atoms with van der Waals surface area (Å²) >= 11 is 9.42. The van der Waals surface area contributed by atoms with Gasteiger partial charge in [-0.05, 0) is 65.2 Å². The molecule has 1 aromatic rings. The highest BCUT2D eigenvalue weighted by Crippen LogP contribution is 2.38. The van der Waals surface area contributed by atoms with Gasteiger partial charge in [0.2, 0.25) is 0 Å². The van der Waals surface area contributed by atoms with Crippen LogP contribution >= 0.6 is 27.5 Å². The number of nitrogens with zero attached hydrogens (tertiary/aromatic N) is 1. The zero-order valence-electron chi connectivity index (χ0n) is 11.2. The summed E-state index contributed by atoms with van der Waals surface area (Å²) in [6.45, 7) is 4.45. The third-order valence-corrected chi connectivity index (χ3v) is 4.93. The van der Waals surface area contributed by atoms with Crippen molar-refractivity contribution in [2.75, 3.05) is 5.32 Å². The van der Waals surface area contributed by atoms with Gasteiger partial charge in [-0.15, -0.1) is 0 Å². The summed E-state index contributed by atoms with van der Waals surface area (Å²) in [5, 5.41) is 13.7. The standard InChI is InChI=1S/C15H18BrClN2/c1-10-5-11(2)8-15(7-10,9-18)19-12-3-4-14(17)13(16)6-12/h3-4,6,10-11,19H,5,7-8H2,1-2H3. The summed E-state index contributed by atoms with van der Waals surface area (Å²) in [6, 6.07) is 8.21. The van der Waals surface area contributed by atoms with Crippen LogP contribution < -0.4 is 5.32 Å². The lowest BCUT2D eigenvalue weighted by molar-refractivity contribution is 0.240. The molecule has 1 fully saturated rings. The second kappa shape index (κ2) is 5.73. The van der Waals surface area contributed by atoms with E-state index in [0.717, 1.165) is 23.0 Å². The van der Waals surface area contributed by atoms with Crippen molar-refractivity contribution in [3.05, 3.63) is 27.7 Å². The van der Waals surface area contributed by atoms with Crippen molar-refractivity contribution in [1.29, 1.82) is 5.26 Å². The van der Waals surface area contributed by atoms with Gasteiger partial charge in [-0.3, -0.25) is 0 Å². The lowest BCUT2D eigenvalue weighted by Crippen LogP contribution is -2.43. The third kappa shape index (κ3) is 3.43. The molecule has 102 valence electrons. The third-order valence-electron chi connectivity index (χ3n) is 3.72. The maximum Gasteiger partial charge on any atom is 0.125 e. The van der Waals surface area contributed by atoms with Gasteiger partial charge in [0, 0.05) is 10.2 Å². The molecule has 2 atom stereocenters. The van der Waals surface area contributed by atoms with Crippen molar-refractivity contribution in [2.45, 2.75) is 38.6 Å². The van der Waals surface area contributed by atoms with Crippen LogP contribution in [-0.2, 0) is 0 Å². The average Bonchev–Trinajstić information content (AvgIpc) is 2.32. The molecule has 1 aromatic carbocycles. The smallest absolute Gasteiger partial charge is 0.125 e. The molecule has 4 heteroatoms. The van der Waals surface area contributed by atoms with Crippen molar-refractivity contribution < 1.29 is 0 Å². The number of hydrogen-bond donors (Lipinski definition) is 1. The van der Waals surface area contributed by atoms with E-state index < -0.39 is 5.54 Å². The Kier molecular flexibility index (Phi) is 4.43. The van der Waals surface area contributed by atoms with E-state index in [9.17, 15) is 5.26 Å². The molecule has 2 rings (SSSR count). The molecule has 0 amide bonds. The van der Waals surface area contributed by atoms with Gasteiger partial charge >= 0.3 is 0 Å². The number of nitrogens with one attached hydrogen (secondary N) is 1. The Morgan fingerprint density at radius 2 is 2.00 bits per heavy atom. The molecule has 1 N–H and O–H groups in total. The molecular weight excluding hydrogens is 324 g/mol. The lowest BCUT2D eigenvalue weighted by atomic mass is 9.72. The number of rotatable bonds is 2. The highest BCUT2D eigenvalue weighted by molar-refractivity contribution is 9.10. The number of halogens is 2. The predicted molar refractivity (Wildman–Crippen MR) is 83.3 cm³/mol. The van der Waals surface area contributed by atoms with E-state index in [1.165, 1.54) is 6.42 Å².